The first-order valence-electron chi connectivity index (χ1n) is 12.2. The van der Waals surface area contributed by atoms with Crippen LogP contribution in [-0.4, -0.2) is 43.8 Å². The first-order chi connectivity index (χ1) is 18.3. The van der Waals surface area contributed by atoms with Gasteiger partial charge in [0.2, 0.25) is 11.8 Å². The predicted octanol–water partition coefficient (Wildman–Crippen LogP) is 6.09. The third kappa shape index (κ3) is 7.45. The Bertz CT molecular complexity index is 1430. The molecule has 0 aliphatic heterocycles. The van der Waals surface area contributed by atoms with Gasteiger partial charge in [0, 0.05) is 33.2 Å². The number of sulfonamides is 1. The molecule has 0 unspecified atom stereocenters. The quantitative estimate of drug-likeness (QED) is 0.301. The molecule has 0 saturated carbocycles. The summed E-state index contributed by atoms with van der Waals surface area (Å²) in [5.41, 5.74) is 1.28. The Kier molecular flexibility index (Phi) is 10.3. The number of nitrogens with one attached hydrogen (secondary N) is 1. The molecular weight excluding hydrogens is 581 g/mol. The summed E-state index contributed by atoms with van der Waals surface area (Å²) in [5, 5.41) is 3.74. The minimum Gasteiger partial charge on any atom is -0.352 e. The van der Waals surface area contributed by atoms with Crippen LogP contribution in [0.5, 0.6) is 0 Å². The highest BCUT2D eigenvalue weighted by atomic mass is 35.5. The van der Waals surface area contributed by atoms with Crippen molar-refractivity contribution in [3.63, 3.8) is 0 Å². The van der Waals surface area contributed by atoms with Crippen LogP contribution in [-0.2, 0) is 26.2 Å². The molecule has 3 aromatic rings. The van der Waals surface area contributed by atoms with E-state index in [1.807, 2.05) is 0 Å². The summed E-state index contributed by atoms with van der Waals surface area (Å²) < 4.78 is 28.7. The monoisotopic (exact) mass is 609 g/mol. The lowest BCUT2D eigenvalue weighted by Crippen LogP contribution is -2.52. The van der Waals surface area contributed by atoms with Gasteiger partial charge >= 0.3 is 0 Å². The number of hydrogen-bond acceptors (Lipinski definition) is 4. The van der Waals surface area contributed by atoms with Crippen molar-refractivity contribution < 1.29 is 18.0 Å². The molecule has 0 bridgehead atoms. The number of carbonyl (C=O) groups is 2. The number of nitrogens with zero attached hydrogens (tertiary/aromatic N) is 2. The normalized spacial score (nSPS) is 12.2. The zero-order valence-electron chi connectivity index (χ0n) is 22.0. The molecule has 1 N–H and O–H groups in total. The van der Waals surface area contributed by atoms with Crippen LogP contribution in [0.15, 0.2) is 71.6 Å². The molecule has 0 aliphatic carbocycles. The summed E-state index contributed by atoms with van der Waals surface area (Å²) >= 11 is 19.0. The molecule has 0 aromatic heterocycles. The standard InChI is InChI=1S/C28H30Cl3N3O4S/c1-18(2)32-28(36)20(4)33(16-23-24(30)11-8-12-25(23)31)27(35)17-34(26-15-21(29)14-13-19(26)3)39(37,38)22-9-6-5-7-10-22/h5-15,18,20H,16-17H2,1-4H3,(H,32,36)/t20-/m0/s1. The van der Waals surface area contributed by atoms with Gasteiger partial charge in [-0.1, -0.05) is 65.1 Å². The Morgan fingerprint density at radius 1 is 0.897 bits per heavy atom. The van der Waals surface area contributed by atoms with Crippen molar-refractivity contribution in [1.82, 2.24) is 10.2 Å². The fraction of sp³-hybridized carbons (Fsp3) is 0.286. The number of anilines is 1. The third-order valence-corrected chi connectivity index (χ3v) is 8.76. The maximum Gasteiger partial charge on any atom is 0.264 e. The van der Waals surface area contributed by atoms with Gasteiger partial charge in [0.25, 0.3) is 10.0 Å². The van der Waals surface area contributed by atoms with Crippen LogP contribution < -0.4 is 9.62 Å². The molecule has 0 saturated heterocycles. The average Bonchev–Trinajstić information content (AvgIpc) is 2.88. The van der Waals surface area contributed by atoms with Gasteiger partial charge in [-0.05, 0) is 69.7 Å². The molecule has 0 aliphatic rings. The maximum absolute atomic E-state index is 14.0. The smallest absolute Gasteiger partial charge is 0.264 e. The number of halogens is 3. The largest absolute Gasteiger partial charge is 0.352 e. The van der Waals surface area contributed by atoms with Crippen molar-refractivity contribution in [1.29, 1.82) is 0 Å². The molecule has 208 valence electrons. The zero-order chi connectivity index (χ0) is 28.9. The highest BCUT2D eigenvalue weighted by Gasteiger charge is 2.33. The predicted molar refractivity (Wildman–Crippen MR) is 157 cm³/mol. The van der Waals surface area contributed by atoms with Gasteiger partial charge in [-0.25, -0.2) is 8.42 Å². The Labute approximate surface area is 244 Å². The molecule has 0 fully saturated rings. The van der Waals surface area contributed by atoms with Gasteiger partial charge in [0.1, 0.15) is 12.6 Å². The first-order valence-corrected chi connectivity index (χ1v) is 14.8. The van der Waals surface area contributed by atoms with Crippen LogP contribution in [0.3, 0.4) is 0 Å². The third-order valence-electron chi connectivity index (χ3n) is 6.04. The van der Waals surface area contributed by atoms with Crippen molar-refractivity contribution in [3.05, 3.63) is 92.9 Å². The second-order valence-corrected chi connectivity index (χ2v) is 12.4. The topological polar surface area (TPSA) is 86.8 Å². The van der Waals surface area contributed by atoms with Crippen LogP contribution in [0.4, 0.5) is 5.69 Å². The van der Waals surface area contributed by atoms with Crippen molar-refractivity contribution in [2.24, 2.45) is 0 Å². The lowest BCUT2D eigenvalue weighted by Gasteiger charge is -2.33. The number of hydrogen-bond donors (Lipinski definition) is 1. The van der Waals surface area contributed by atoms with Gasteiger partial charge in [-0.15, -0.1) is 0 Å². The van der Waals surface area contributed by atoms with E-state index in [2.05, 4.69) is 5.32 Å². The minimum absolute atomic E-state index is 0.00322. The number of rotatable bonds is 10. The molecule has 7 nitrogen and oxygen atoms in total. The van der Waals surface area contributed by atoms with E-state index in [0.717, 1.165) is 4.31 Å². The van der Waals surface area contributed by atoms with Crippen molar-refractivity contribution in [2.75, 3.05) is 10.8 Å². The first kappa shape index (κ1) is 30.8. The van der Waals surface area contributed by atoms with Crippen molar-refractivity contribution in [3.8, 4) is 0 Å². The van der Waals surface area contributed by atoms with Gasteiger partial charge in [0.05, 0.1) is 10.6 Å². The molecule has 39 heavy (non-hydrogen) atoms. The van der Waals surface area contributed by atoms with Gasteiger partial charge in [-0.2, -0.15) is 0 Å². The average molecular weight is 611 g/mol. The Morgan fingerprint density at radius 2 is 1.51 bits per heavy atom. The number of benzene rings is 3. The summed E-state index contributed by atoms with van der Waals surface area (Å²) in [5.74, 6) is -1.03. The Morgan fingerprint density at radius 3 is 2.10 bits per heavy atom. The summed E-state index contributed by atoms with van der Waals surface area (Å²) in [7, 11) is -4.20. The second kappa shape index (κ2) is 13.0. The number of carbonyl (C=O) groups excluding carboxylic acids is 2. The molecule has 1 atom stereocenters. The van der Waals surface area contributed by atoms with Gasteiger partial charge in [0.15, 0.2) is 0 Å². The van der Waals surface area contributed by atoms with E-state index in [1.54, 1.807) is 76.2 Å². The number of amides is 2. The van der Waals surface area contributed by atoms with E-state index >= 15 is 0 Å². The SMILES string of the molecule is Cc1ccc(Cl)cc1N(CC(=O)N(Cc1c(Cl)cccc1Cl)[C@@H](C)C(=O)NC(C)C)S(=O)(=O)c1ccccc1. The molecule has 0 radical (unpaired) electrons. The minimum atomic E-state index is -4.20. The molecule has 11 heteroatoms. The highest BCUT2D eigenvalue weighted by molar-refractivity contribution is 7.92. The van der Waals surface area contributed by atoms with Crippen LogP contribution in [0, 0.1) is 6.92 Å². The summed E-state index contributed by atoms with van der Waals surface area (Å²) in [4.78, 5) is 28.3. The lowest BCUT2D eigenvalue weighted by molar-refractivity contribution is -0.139. The molecule has 3 rings (SSSR count). The molecule has 2 amide bonds. The van der Waals surface area contributed by atoms with E-state index in [-0.39, 0.29) is 23.2 Å². The van der Waals surface area contributed by atoms with Gasteiger partial charge in [-0.3, -0.25) is 13.9 Å². The molecular formula is C28H30Cl3N3O4S. The van der Waals surface area contributed by atoms with E-state index < -0.39 is 34.4 Å². The van der Waals surface area contributed by atoms with E-state index in [0.29, 0.717) is 26.2 Å². The van der Waals surface area contributed by atoms with E-state index in [4.69, 9.17) is 34.8 Å². The van der Waals surface area contributed by atoms with Crippen LogP contribution in [0.25, 0.3) is 0 Å². The number of aryl methyl sites for hydroxylation is 1. The summed E-state index contributed by atoms with van der Waals surface area (Å²) in [6, 6.07) is 16.4. The zero-order valence-corrected chi connectivity index (χ0v) is 25.1. The summed E-state index contributed by atoms with van der Waals surface area (Å²) in [6.07, 6.45) is 0. The second-order valence-electron chi connectivity index (χ2n) is 9.32. The molecule has 3 aromatic carbocycles. The summed E-state index contributed by atoms with van der Waals surface area (Å²) in [6.45, 7) is 6.19. The van der Waals surface area contributed by atoms with E-state index in [1.165, 1.54) is 23.1 Å². The van der Waals surface area contributed by atoms with Crippen LogP contribution in [0.1, 0.15) is 31.9 Å². The Balaban J connectivity index is 2.10. The fourth-order valence-electron chi connectivity index (χ4n) is 3.93. The molecule has 0 spiro atoms. The van der Waals surface area contributed by atoms with Gasteiger partial charge < -0.3 is 10.2 Å². The fourth-order valence-corrected chi connectivity index (χ4v) is 6.10. The Hall–Kier alpha value is -2.78. The highest BCUT2D eigenvalue weighted by Crippen LogP contribution is 2.31. The maximum atomic E-state index is 14.0. The van der Waals surface area contributed by atoms with E-state index in [9.17, 15) is 18.0 Å². The van der Waals surface area contributed by atoms with Crippen molar-refractivity contribution >= 4 is 62.3 Å². The van der Waals surface area contributed by atoms with Crippen molar-refractivity contribution in [2.45, 2.75) is 51.2 Å². The van der Waals surface area contributed by atoms with Crippen LogP contribution >= 0.6 is 34.8 Å². The van der Waals surface area contributed by atoms with Crippen LogP contribution in [0.2, 0.25) is 15.1 Å². The lowest BCUT2D eigenvalue weighted by atomic mass is 10.1. The molecule has 0 heterocycles.